The smallest absolute Gasteiger partial charge is 0.161 e. The molecule has 22 heavy (non-hydrogen) atoms. The van der Waals surface area contributed by atoms with Crippen molar-refractivity contribution in [3.05, 3.63) is 42.0 Å². The van der Waals surface area contributed by atoms with Gasteiger partial charge in [0.2, 0.25) is 0 Å². The first-order chi connectivity index (χ1) is 10.4. The fourth-order valence-corrected chi connectivity index (χ4v) is 4.23. The molecule has 0 unspecified atom stereocenters. The normalized spacial score (nSPS) is 17.7. The second-order valence-corrected chi connectivity index (χ2v) is 7.93. The Morgan fingerprint density at radius 3 is 2.14 bits per heavy atom. The highest BCUT2D eigenvalue weighted by Gasteiger charge is 2.38. The van der Waals surface area contributed by atoms with Crippen LogP contribution in [0.15, 0.2) is 36.4 Å². The predicted octanol–water partition coefficient (Wildman–Crippen LogP) is 2.35. The van der Waals surface area contributed by atoms with Gasteiger partial charge in [0, 0.05) is 5.41 Å². The van der Waals surface area contributed by atoms with Crippen molar-refractivity contribution in [3.8, 4) is 0 Å². The van der Waals surface area contributed by atoms with Crippen molar-refractivity contribution in [2.75, 3.05) is 0 Å². The zero-order chi connectivity index (χ0) is 16.6. The van der Waals surface area contributed by atoms with E-state index in [9.17, 15) is 5.11 Å². The van der Waals surface area contributed by atoms with Gasteiger partial charge in [-0.05, 0) is 11.5 Å². The number of hydrogen-bond donors (Lipinski definition) is 1. The summed E-state index contributed by atoms with van der Waals surface area (Å²) in [4.78, 5) is 0. The van der Waals surface area contributed by atoms with Gasteiger partial charge in [0.05, 0.1) is 6.10 Å². The number of benzene rings is 1. The molecule has 3 nitrogen and oxygen atoms in total. The van der Waals surface area contributed by atoms with E-state index in [-0.39, 0.29) is 17.6 Å². The third kappa shape index (κ3) is 5.48. The van der Waals surface area contributed by atoms with Crippen LogP contribution in [0.1, 0.15) is 26.3 Å². The minimum Gasteiger partial charge on any atom is -0.400 e. The molecule has 0 fully saturated rings. The van der Waals surface area contributed by atoms with Crippen LogP contribution in [-0.4, -0.2) is 37.0 Å². The Bertz CT molecular complexity index is 442. The Kier molecular flexibility index (Phi) is 8.27. The first-order valence-corrected chi connectivity index (χ1v) is 12.1. The molecule has 124 valence electrons. The summed E-state index contributed by atoms with van der Waals surface area (Å²) in [7, 11) is -1.09. The van der Waals surface area contributed by atoms with Gasteiger partial charge in [0.1, 0.15) is 6.29 Å². The third-order valence-corrected chi connectivity index (χ3v) is 5.49. The van der Waals surface area contributed by atoms with Crippen LogP contribution in [0.4, 0.5) is 0 Å². The zero-order valence-electron chi connectivity index (χ0n) is 14.5. The molecule has 0 aliphatic rings. The van der Waals surface area contributed by atoms with Crippen molar-refractivity contribution in [1.29, 1.82) is 0 Å². The van der Waals surface area contributed by atoms with Gasteiger partial charge >= 0.3 is 0 Å². The Morgan fingerprint density at radius 2 is 1.64 bits per heavy atom. The minimum atomic E-state index is -0.546. The van der Waals surface area contributed by atoms with Crippen LogP contribution in [0.3, 0.4) is 0 Å². The molecule has 1 rings (SSSR count). The molecule has 0 aliphatic carbocycles. The van der Waals surface area contributed by atoms with Crippen LogP contribution in [0.5, 0.6) is 0 Å². The van der Waals surface area contributed by atoms with Gasteiger partial charge in [-0.2, -0.15) is 0 Å². The lowest BCUT2D eigenvalue weighted by Crippen LogP contribution is -2.44. The van der Waals surface area contributed by atoms with E-state index in [2.05, 4.69) is 33.9 Å². The zero-order valence-corrected chi connectivity index (χ0v) is 17.3. The number of rotatable bonds is 9. The van der Waals surface area contributed by atoms with Crippen LogP contribution in [0.25, 0.3) is 6.08 Å². The number of aliphatic hydroxyl groups is 1. The van der Waals surface area contributed by atoms with Crippen molar-refractivity contribution < 1.29 is 14.0 Å². The number of aliphatic hydroxyl groups excluding tert-OH is 1. The van der Waals surface area contributed by atoms with E-state index in [1.165, 1.54) is 0 Å². The molecule has 1 aromatic rings. The summed E-state index contributed by atoms with van der Waals surface area (Å²) >= 11 is 0. The minimum absolute atomic E-state index is 0.0403. The standard InChI is InChI=1S/C17H30O3Si2/c1-13(17(2,3)16(19-21-4)20-22-5)15(18)12-11-14-9-7-6-8-10-14/h6-13,15-16,18H,21-22H2,1-5H3/b12-11+/t13-,15+/m1/s1. The van der Waals surface area contributed by atoms with Crippen molar-refractivity contribution in [2.45, 2.75) is 46.3 Å². The lowest BCUT2D eigenvalue weighted by atomic mass is 9.76. The summed E-state index contributed by atoms with van der Waals surface area (Å²) < 4.78 is 11.8. The van der Waals surface area contributed by atoms with Gasteiger partial charge in [-0.1, -0.05) is 76.3 Å². The Hall–Kier alpha value is -0.726. The third-order valence-electron chi connectivity index (χ3n) is 4.21. The summed E-state index contributed by atoms with van der Waals surface area (Å²) in [5.41, 5.74) is 0.865. The van der Waals surface area contributed by atoms with Crippen LogP contribution in [0.2, 0.25) is 13.1 Å². The van der Waals surface area contributed by atoms with Crippen molar-refractivity contribution >= 4 is 25.6 Å². The maximum atomic E-state index is 10.5. The Morgan fingerprint density at radius 1 is 1.09 bits per heavy atom. The van der Waals surface area contributed by atoms with Crippen molar-refractivity contribution in [2.24, 2.45) is 11.3 Å². The second kappa shape index (κ2) is 9.42. The van der Waals surface area contributed by atoms with E-state index >= 15 is 0 Å². The molecule has 0 bridgehead atoms. The van der Waals surface area contributed by atoms with Crippen LogP contribution in [0, 0.1) is 11.3 Å². The average molecular weight is 339 g/mol. The molecule has 0 spiro atoms. The van der Waals surface area contributed by atoms with Gasteiger partial charge in [-0.15, -0.1) is 0 Å². The lowest BCUT2D eigenvalue weighted by Gasteiger charge is -2.40. The molecule has 0 saturated heterocycles. The lowest BCUT2D eigenvalue weighted by molar-refractivity contribution is -0.117. The van der Waals surface area contributed by atoms with E-state index < -0.39 is 25.6 Å². The molecule has 1 N–H and O–H groups in total. The second-order valence-electron chi connectivity index (χ2n) is 6.11. The summed E-state index contributed by atoms with van der Waals surface area (Å²) in [6.07, 6.45) is 3.11. The van der Waals surface area contributed by atoms with Crippen LogP contribution >= 0.6 is 0 Å². The maximum Gasteiger partial charge on any atom is 0.161 e. The molecule has 0 aromatic heterocycles. The molecule has 0 aliphatic heterocycles. The van der Waals surface area contributed by atoms with E-state index in [0.29, 0.717) is 0 Å². The fraction of sp³-hybridized carbons (Fsp3) is 0.529. The molecule has 0 heterocycles. The summed E-state index contributed by atoms with van der Waals surface area (Å²) in [5, 5.41) is 10.5. The van der Waals surface area contributed by atoms with E-state index in [4.69, 9.17) is 8.85 Å². The highest BCUT2D eigenvalue weighted by Crippen LogP contribution is 2.35. The van der Waals surface area contributed by atoms with Gasteiger partial charge in [-0.3, -0.25) is 0 Å². The summed E-state index contributed by atoms with van der Waals surface area (Å²) in [5.74, 6) is 0.0403. The Balaban J connectivity index is 2.78. The molecular weight excluding hydrogens is 308 g/mol. The largest absolute Gasteiger partial charge is 0.400 e. The van der Waals surface area contributed by atoms with Gasteiger partial charge in [-0.25, -0.2) is 0 Å². The van der Waals surface area contributed by atoms with Crippen molar-refractivity contribution in [1.82, 2.24) is 0 Å². The molecule has 0 amide bonds. The van der Waals surface area contributed by atoms with Crippen molar-refractivity contribution in [3.63, 3.8) is 0 Å². The molecule has 1 aromatic carbocycles. The topological polar surface area (TPSA) is 38.7 Å². The summed E-state index contributed by atoms with van der Waals surface area (Å²) in [6, 6.07) is 10.0. The fourth-order valence-electron chi connectivity index (χ4n) is 2.38. The quantitative estimate of drug-likeness (QED) is 0.555. The van der Waals surface area contributed by atoms with Crippen LogP contribution in [-0.2, 0) is 8.85 Å². The number of hydrogen-bond acceptors (Lipinski definition) is 3. The molecular formula is C17H30O3Si2. The first-order valence-electron chi connectivity index (χ1n) is 8.08. The highest BCUT2D eigenvalue weighted by atomic mass is 28.2. The maximum absolute atomic E-state index is 10.5. The van der Waals surface area contributed by atoms with E-state index in [1.807, 2.05) is 42.5 Å². The first kappa shape index (κ1) is 19.3. The Labute approximate surface area is 139 Å². The molecule has 5 heteroatoms. The average Bonchev–Trinajstić information content (AvgIpc) is 2.52. The summed E-state index contributed by atoms with van der Waals surface area (Å²) in [6.45, 7) is 10.5. The van der Waals surface area contributed by atoms with Gasteiger partial charge in [0.25, 0.3) is 0 Å². The van der Waals surface area contributed by atoms with Gasteiger partial charge < -0.3 is 14.0 Å². The predicted molar refractivity (Wildman–Crippen MR) is 99.2 cm³/mol. The van der Waals surface area contributed by atoms with Crippen LogP contribution < -0.4 is 0 Å². The monoisotopic (exact) mass is 338 g/mol. The van der Waals surface area contributed by atoms with E-state index in [0.717, 1.165) is 5.56 Å². The molecule has 2 atom stereocenters. The SMILES string of the molecule is C[SiH2]OC(O[SiH2]C)C(C)(C)[C@H](C)[C@@H](O)/C=C/c1ccccc1. The molecule has 0 radical (unpaired) electrons. The molecule has 0 saturated carbocycles. The van der Waals surface area contributed by atoms with E-state index in [1.54, 1.807) is 0 Å². The van der Waals surface area contributed by atoms with Gasteiger partial charge in [0.15, 0.2) is 19.5 Å². The highest BCUT2D eigenvalue weighted by molar-refractivity contribution is 6.26.